The second-order valence-corrected chi connectivity index (χ2v) is 6.72. The Balaban J connectivity index is 1.50. The van der Waals surface area contributed by atoms with E-state index in [0.29, 0.717) is 24.0 Å². The van der Waals surface area contributed by atoms with E-state index >= 15 is 0 Å². The molecular formula is C18H24N6OS. The highest BCUT2D eigenvalue weighted by atomic mass is 32.1. The third-order valence-electron chi connectivity index (χ3n) is 3.91. The SMILES string of the molecule is CCNC(=NCC(C)c1ccsc1)NCCc1nc(-c2ccco2)n[nH]1. The smallest absolute Gasteiger partial charge is 0.216 e. The number of hydrogen-bond acceptors (Lipinski definition) is 5. The first-order valence-corrected chi connectivity index (χ1v) is 9.70. The van der Waals surface area contributed by atoms with Crippen molar-refractivity contribution in [2.45, 2.75) is 26.2 Å². The quantitative estimate of drug-likeness (QED) is 0.418. The molecule has 3 N–H and O–H groups in total. The Bertz CT molecular complexity index is 794. The number of nitrogens with zero attached hydrogens (tertiary/aromatic N) is 3. The van der Waals surface area contributed by atoms with Crippen LogP contribution in [-0.2, 0) is 6.42 Å². The molecule has 0 aromatic carbocycles. The predicted octanol–water partition coefficient (Wildman–Crippen LogP) is 3.03. The van der Waals surface area contributed by atoms with Crippen LogP contribution in [0.4, 0.5) is 0 Å². The number of hydrogen-bond donors (Lipinski definition) is 3. The van der Waals surface area contributed by atoms with Crippen molar-refractivity contribution >= 4 is 17.3 Å². The number of guanidine groups is 1. The number of nitrogens with one attached hydrogen (secondary N) is 3. The molecule has 8 heteroatoms. The van der Waals surface area contributed by atoms with Gasteiger partial charge in [0.25, 0.3) is 0 Å². The Hall–Kier alpha value is -2.61. The largest absolute Gasteiger partial charge is 0.461 e. The van der Waals surface area contributed by atoms with Crippen molar-refractivity contribution in [3.63, 3.8) is 0 Å². The summed E-state index contributed by atoms with van der Waals surface area (Å²) in [6.07, 6.45) is 2.33. The van der Waals surface area contributed by atoms with Gasteiger partial charge in [0.05, 0.1) is 6.26 Å². The van der Waals surface area contributed by atoms with Gasteiger partial charge in [0.2, 0.25) is 5.82 Å². The van der Waals surface area contributed by atoms with Crippen molar-refractivity contribution < 1.29 is 4.42 Å². The fourth-order valence-electron chi connectivity index (χ4n) is 2.45. The molecule has 0 spiro atoms. The summed E-state index contributed by atoms with van der Waals surface area (Å²) < 4.78 is 5.30. The zero-order valence-corrected chi connectivity index (χ0v) is 15.8. The summed E-state index contributed by atoms with van der Waals surface area (Å²) in [6, 6.07) is 5.82. The third-order valence-corrected chi connectivity index (χ3v) is 4.61. The van der Waals surface area contributed by atoms with Gasteiger partial charge in [0, 0.05) is 32.0 Å². The van der Waals surface area contributed by atoms with Crippen molar-refractivity contribution in [3.8, 4) is 11.6 Å². The van der Waals surface area contributed by atoms with E-state index in [-0.39, 0.29) is 0 Å². The van der Waals surface area contributed by atoms with Crippen LogP contribution in [0.1, 0.15) is 31.2 Å². The van der Waals surface area contributed by atoms with Crippen molar-refractivity contribution in [1.29, 1.82) is 0 Å². The molecule has 3 aromatic heterocycles. The molecule has 3 heterocycles. The molecule has 0 fully saturated rings. The van der Waals surface area contributed by atoms with E-state index in [0.717, 1.165) is 31.3 Å². The Morgan fingerprint density at radius 2 is 2.31 bits per heavy atom. The lowest BCUT2D eigenvalue weighted by atomic mass is 10.1. The van der Waals surface area contributed by atoms with Crippen LogP contribution in [0, 0.1) is 0 Å². The molecule has 0 amide bonds. The fraction of sp³-hybridized carbons (Fsp3) is 0.389. The summed E-state index contributed by atoms with van der Waals surface area (Å²) >= 11 is 1.72. The van der Waals surface area contributed by atoms with E-state index < -0.39 is 0 Å². The van der Waals surface area contributed by atoms with Crippen LogP contribution in [0.25, 0.3) is 11.6 Å². The highest BCUT2D eigenvalue weighted by molar-refractivity contribution is 7.07. The highest BCUT2D eigenvalue weighted by Gasteiger charge is 2.09. The molecule has 7 nitrogen and oxygen atoms in total. The average molecular weight is 372 g/mol. The lowest BCUT2D eigenvalue weighted by Crippen LogP contribution is -2.38. The molecule has 3 rings (SSSR count). The van der Waals surface area contributed by atoms with E-state index in [1.807, 2.05) is 12.1 Å². The fourth-order valence-corrected chi connectivity index (χ4v) is 3.24. The van der Waals surface area contributed by atoms with Crippen LogP contribution in [-0.4, -0.2) is 40.8 Å². The van der Waals surface area contributed by atoms with Crippen LogP contribution in [0.2, 0.25) is 0 Å². The van der Waals surface area contributed by atoms with Gasteiger partial charge < -0.3 is 15.1 Å². The minimum atomic E-state index is 0.404. The normalized spacial score (nSPS) is 12.9. The van der Waals surface area contributed by atoms with Crippen molar-refractivity contribution in [2.75, 3.05) is 19.6 Å². The molecule has 26 heavy (non-hydrogen) atoms. The molecule has 138 valence electrons. The Morgan fingerprint density at radius 1 is 1.38 bits per heavy atom. The van der Waals surface area contributed by atoms with E-state index in [1.165, 1.54) is 5.56 Å². The molecule has 0 saturated heterocycles. The first-order chi connectivity index (χ1) is 12.8. The Morgan fingerprint density at radius 3 is 3.04 bits per heavy atom. The molecule has 3 aromatic rings. The third kappa shape index (κ3) is 4.95. The standard InChI is InChI=1S/C18H24N6OS/c1-3-19-18(21-11-13(2)14-7-10-26-12-14)20-8-6-16-22-17(24-23-16)15-5-4-9-25-15/h4-5,7,9-10,12-13H,3,6,8,11H2,1-2H3,(H2,19,20,21)(H,22,23,24). The predicted molar refractivity (Wildman–Crippen MR) is 105 cm³/mol. The van der Waals surface area contributed by atoms with Crippen molar-refractivity contribution in [1.82, 2.24) is 25.8 Å². The maximum Gasteiger partial charge on any atom is 0.216 e. The second kappa shape index (κ2) is 9.19. The summed E-state index contributed by atoms with van der Waals surface area (Å²) in [5, 5.41) is 18.0. The first-order valence-electron chi connectivity index (χ1n) is 8.75. The molecule has 0 bridgehead atoms. The molecule has 0 aliphatic heterocycles. The van der Waals surface area contributed by atoms with Gasteiger partial charge in [-0.15, -0.1) is 0 Å². The van der Waals surface area contributed by atoms with Gasteiger partial charge in [0.15, 0.2) is 11.7 Å². The van der Waals surface area contributed by atoms with Gasteiger partial charge in [-0.1, -0.05) is 6.92 Å². The number of thiophene rings is 1. The second-order valence-electron chi connectivity index (χ2n) is 5.94. The van der Waals surface area contributed by atoms with Crippen LogP contribution < -0.4 is 10.6 Å². The lowest BCUT2D eigenvalue weighted by molar-refractivity contribution is 0.577. The first kappa shape index (κ1) is 18.2. The molecule has 0 aliphatic carbocycles. The monoisotopic (exact) mass is 372 g/mol. The Labute approximate surface area is 157 Å². The summed E-state index contributed by atoms with van der Waals surface area (Å²) in [7, 11) is 0. The molecule has 0 saturated carbocycles. The lowest BCUT2D eigenvalue weighted by Gasteiger charge is -2.12. The molecule has 0 radical (unpaired) electrons. The number of furan rings is 1. The highest BCUT2D eigenvalue weighted by Crippen LogP contribution is 2.18. The van der Waals surface area contributed by atoms with Crippen LogP contribution in [0.15, 0.2) is 44.6 Å². The van der Waals surface area contributed by atoms with Gasteiger partial charge in [-0.3, -0.25) is 10.1 Å². The van der Waals surface area contributed by atoms with E-state index in [1.54, 1.807) is 17.6 Å². The zero-order chi connectivity index (χ0) is 18.2. The molecular weight excluding hydrogens is 348 g/mol. The van der Waals surface area contributed by atoms with E-state index in [4.69, 9.17) is 4.42 Å². The molecule has 1 unspecified atom stereocenters. The zero-order valence-electron chi connectivity index (χ0n) is 15.0. The van der Waals surface area contributed by atoms with Crippen molar-refractivity contribution in [2.24, 2.45) is 4.99 Å². The maximum atomic E-state index is 5.30. The molecule has 0 aliphatic rings. The van der Waals surface area contributed by atoms with E-state index in [2.05, 4.69) is 61.5 Å². The Kier molecular flexibility index (Phi) is 6.43. The maximum absolute atomic E-state index is 5.30. The summed E-state index contributed by atoms with van der Waals surface area (Å²) in [6.45, 7) is 6.54. The van der Waals surface area contributed by atoms with Gasteiger partial charge in [0.1, 0.15) is 5.82 Å². The minimum Gasteiger partial charge on any atom is -0.461 e. The van der Waals surface area contributed by atoms with Gasteiger partial charge >= 0.3 is 0 Å². The number of aromatic amines is 1. The number of aromatic nitrogens is 3. The number of rotatable bonds is 8. The minimum absolute atomic E-state index is 0.404. The summed E-state index contributed by atoms with van der Waals surface area (Å²) in [5.41, 5.74) is 1.33. The van der Waals surface area contributed by atoms with Gasteiger partial charge in [-0.2, -0.15) is 16.4 Å². The number of H-pyrrole nitrogens is 1. The van der Waals surface area contributed by atoms with Crippen LogP contribution in [0.5, 0.6) is 0 Å². The van der Waals surface area contributed by atoms with E-state index in [9.17, 15) is 0 Å². The summed E-state index contributed by atoms with van der Waals surface area (Å²) in [4.78, 5) is 9.13. The van der Waals surface area contributed by atoms with Gasteiger partial charge in [-0.25, -0.2) is 4.98 Å². The van der Waals surface area contributed by atoms with Gasteiger partial charge in [-0.05, 0) is 41.4 Å². The van der Waals surface area contributed by atoms with Crippen LogP contribution in [0.3, 0.4) is 0 Å². The average Bonchev–Trinajstić information content (AvgIpc) is 3.41. The van der Waals surface area contributed by atoms with Crippen LogP contribution >= 0.6 is 11.3 Å². The summed E-state index contributed by atoms with van der Waals surface area (Å²) in [5.74, 6) is 3.28. The topological polar surface area (TPSA) is 91.1 Å². The number of aliphatic imine (C=N–C) groups is 1. The van der Waals surface area contributed by atoms with Crippen molar-refractivity contribution in [3.05, 3.63) is 46.6 Å². The molecule has 1 atom stereocenters.